The summed E-state index contributed by atoms with van der Waals surface area (Å²) >= 11 is 0. The first-order valence-corrected chi connectivity index (χ1v) is 4.28. The lowest BCUT2D eigenvalue weighted by Gasteiger charge is -2.23. The van der Waals surface area contributed by atoms with Gasteiger partial charge in [0.2, 0.25) is 0 Å². The van der Waals surface area contributed by atoms with Crippen LogP contribution in [0.4, 0.5) is 0 Å². The Balaban J connectivity index is 1.96. The predicted molar refractivity (Wildman–Crippen MR) is 36.9 cm³/mol. The van der Waals surface area contributed by atoms with E-state index in [0.29, 0.717) is 12.7 Å². The quantitative estimate of drug-likeness (QED) is 0.547. The smallest absolute Gasteiger partial charge is 0.160 e. The van der Waals surface area contributed by atoms with Crippen molar-refractivity contribution in [3.8, 4) is 0 Å². The van der Waals surface area contributed by atoms with Gasteiger partial charge in [0.1, 0.15) is 0 Å². The molecule has 3 aliphatic heterocycles. The molecule has 3 heteroatoms. The van der Waals surface area contributed by atoms with Crippen molar-refractivity contribution in [3.05, 3.63) is 0 Å². The van der Waals surface area contributed by atoms with Gasteiger partial charge in [0.15, 0.2) is 6.29 Å². The average molecular weight is 156 g/mol. The Bertz CT molecular complexity index is 194. The third-order valence-corrected chi connectivity index (χ3v) is 3.33. The second kappa shape index (κ2) is 1.79. The number of ether oxygens (including phenoxy) is 2. The third-order valence-electron chi connectivity index (χ3n) is 3.33. The number of fused-ring (bicyclic) bond motifs is 1. The van der Waals surface area contributed by atoms with Gasteiger partial charge in [-0.3, -0.25) is 0 Å². The van der Waals surface area contributed by atoms with Crippen LogP contribution in [-0.2, 0) is 9.47 Å². The third kappa shape index (κ3) is 0.643. The largest absolute Gasteiger partial charge is 0.369 e. The van der Waals surface area contributed by atoms with E-state index in [1.54, 1.807) is 0 Å². The number of hydrogen-bond donors (Lipinski definition) is 1. The summed E-state index contributed by atoms with van der Waals surface area (Å²) in [7, 11) is 0. The standard InChI is InChI=1S/C8H12O3/c9-7-6-3-5-1-2-8(6,11-5)4-10-7/h5-7,9H,1-4H2/t5?,6?,7?,8-/m1/s1. The van der Waals surface area contributed by atoms with Gasteiger partial charge in [-0.15, -0.1) is 0 Å². The van der Waals surface area contributed by atoms with Crippen LogP contribution >= 0.6 is 0 Å². The molecule has 0 aromatic rings. The van der Waals surface area contributed by atoms with Crippen molar-refractivity contribution in [2.45, 2.75) is 37.3 Å². The van der Waals surface area contributed by atoms with E-state index in [4.69, 9.17) is 9.47 Å². The Hall–Kier alpha value is -0.120. The molecule has 3 heterocycles. The molecule has 3 aliphatic rings. The Kier molecular flexibility index (Phi) is 1.04. The molecule has 11 heavy (non-hydrogen) atoms. The highest BCUT2D eigenvalue weighted by molar-refractivity contribution is 5.06. The molecule has 3 unspecified atom stereocenters. The van der Waals surface area contributed by atoms with Crippen LogP contribution in [0.3, 0.4) is 0 Å². The first-order chi connectivity index (χ1) is 5.30. The van der Waals surface area contributed by atoms with Crippen LogP contribution < -0.4 is 0 Å². The van der Waals surface area contributed by atoms with E-state index in [0.717, 1.165) is 19.3 Å². The van der Waals surface area contributed by atoms with Crippen LogP contribution in [0.15, 0.2) is 0 Å². The molecular formula is C8H12O3. The Morgan fingerprint density at radius 3 is 3.09 bits per heavy atom. The number of hydrogen-bond acceptors (Lipinski definition) is 3. The summed E-state index contributed by atoms with van der Waals surface area (Å²) in [6.07, 6.45) is 3.10. The molecule has 0 saturated carbocycles. The molecule has 3 rings (SSSR count). The fourth-order valence-corrected chi connectivity index (χ4v) is 2.72. The summed E-state index contributed by atoms with van der Waals surface area (Å²) in [5, 5.41) is 9.41. The Labute approximate surface area is 65.3 Å². The van der Waals surface area contributed by atoms with E-state index in [1.807, 2.05) is 0 Å². The van der Waals surface area contributed by atoms with Crippen LogP contribution in [0, 0.1) is 5.92 Å². The SMILES string of the molecule is OC1OC[C@]23CCC(CC12)O3. The maximum Gasteiger partial charge on any atom is 0.160 e. The van der Waals surface area contributed by atoms with Gasteiger partial charge in [-0.05, 0) is 19.3 Å². The van der Waals surface area contributed by atoms with Gasteiger partial charge in [-0.2, -0.15) is 0 Å². The van der Waals surface area contributed by atoms with E-state index in [9.17, 15) is 5.11 Å². The highest BCUT2D eigenvalue weighted by Gasteiger charge is 2.60. The monoisotopic (exact) mass is 156 g/mol. The molecule has 1 spiro atoms. The van der Waals surface area contributed by atoms with Gasteiger partial charge in [0, 0.05) is 5.92 Å². The van der Waals surface area contributed by atoms with Crippen molar-refractivity contribution in [2.75, 3.05) is 6.61 Å². The lowest BCUT2D eigenvalue weighted by molar-refractivity contribution is -0.0875. The van der Waals surface area contributed by atoms with Crippen LogP contribution in [0.5, 0.6) is 0 Å². The van der Waals surface area contributed by atoms with Gasteiger partial charge in [-0.1, -0.05) is 0 Å². The molecule has 2 bridgehead atoms. The molecule has 1 N–H and O–H groups in total. The molecule has 62 valence electrons. The summed E-state index contributed by atoms with van der Waals surface area (Å²) in [5.41, 5.74) is -0.0793. The molecular weight excluding hydrogens is 144 g/mol. The van der Waals surface area contributed by atoms with Gasteiger partial charge < -0.3 is 14.6 Å². The normalized spacial score (nSPS) is 60.3. The molecule has 3 fully saturated rings. The van der Waals surface area contributed by atoms with Crippen molar-refractivity contribution < 1.29 is 14.6 Å². The maximum atomic E-state index is 9.41. The molecule has 4 atom stereocenters. The number of rotatable bonds is 0. The molecule has 3 saturated heterocycles. The predicted octanol–water partition coefficient (Wildman–Crippen LogP) is 0.273. The van der Waals surface area contributed by atoms with E-state index in [2.05, 4.69) is 0 Å². The fourth-order valence-electron chi connectivity index (χ4n) is 2.72. The van der Waals surface area contributed by atoms with Crippen LogP contribution in [0.1, 0.15) is 19.3 Å². The molecule has 0 aliphatic carbocycles. The van der Waals surface area contributed by atoms with Crippen molar-refractivity contribution in [2.24, 2.45) is 5.92 Å². The zero-order chi connectivity index (χ0) is 7.47. The maximum absolute atomic E-state index is 9.41. The lowest BCUT2D eigenvalue weighted by atomic mass is 9.80. The van der Waals surface area contributed by atoms with Crippen molar-refractivity contribution in [3.63, 3.8) is 0 Å². The molecule has 0 amide bonds. The molecule has 3 nitrogen and oxygen atoms in total. The lowest BCUT2D eigenvalue weighted by Crippen LogP contribution is -2.34. The Morgan fingerprint density at radius 2 is 2.36 bits per heavy atom. The van der Waals surface area contributed by atoms with E-state index in [-0.39, 0.29) is 11.5 Å². The second-order valence-corrected chi connectivity index (χ2v) is 3.89. The van der Waals surface area contributed by atoms with Gasteiger partial charge in [0.25, 0.3) is 0 Å². The average Bonchev–Trinajstić information content (AvgIpc) is 2.62. The molecule has 0 aromatic heterocycles. The zero-order valence-corrected chi connectivity index (χ0v) is 6.32. The summed E-state index contributed by atoms with van der Waals surface area (Å²) in [4.78, 5) is 0. The van der Waals surface area contributed by atoms with Gasteiger partial charge in [0.05, 0.1) is 18.3 Å². The second-order valence-electron chi connectivity index (χ2n) is 3.89. The van der Waals surface area contributed by atoms with Crippen LogP contribution in [0.25, 0.3) is 0 Å². The first-order valence-electron chi connectivity index (χ1n) is 4.28. The van der Waals surface area contributed by atoms with E-state index >= 15 is 0 Å². The van der Waals surface area contributed by atoms with Gasteiger partial charge >= 0.3 is 0 Å². The topological polar surface area (TPSA) is 38.7 Å². The minimum Gasteiger partial charge on any atom is -0.369 e. The zero-order valence-electron chi connectivity index (χ0n) is 6.32. The summed E-state index contributed by atoms with van der Waals surface area (Å²) in [6.45, 7) is 0.606. The van der Waals surface area contributed by atoms with E-state index in [1.165, 1.54) is 0 Å². The van der Waals surface area contributed by atoms with Crippen molar-refractivity contribution in [1.29, 1.82) is 0 Å². The number of aliphatic hydroxyl groups excluding tert-OH is 1. The minimum atomic E-state index is -0.555. The fraction of sp³-hybridized carbons (Fsp3) is 1.00. The molecule has 0 radical (unpaired) electrons. The van der Waals surface area contributed by atoms with Crippen molar-refractivity contribution in [1.82, 2.24) is 0 Å². The summed E-state index contributed by atoms with van der Waals surface area (Å²) in [6, 6.07) is 0. The molecule has 0 aromatic carbocycles. The first kappa shape index (κ1) is 6.40. The minimum absolute atomic E-state index is 0.0793. The summed E-state index contributed by atoms with van der Waals surface area (Å²) < 4.78 is 10.9. The van der Waals surface area contributed by atoms with Gasteiger partial charge in [-0.25, -0.2) is 0 Å². The highest BCUT2D eigenvalue weighted by atomic mass is 16.6. The van der Waals surface area contributed by atoms with Crippen LogP contribution in [0.2, 0.25) is 0 Å². The highest BCUT2D eigenvalue weighted by Crippen LogP contribution is 2.52. The van der Waals surface area contributed by atoms with Crippen molar-refractivity contribution >= 4 is 0 Å². The van der Waals surface area contributed by atoms with E-state index < -0.39 is 6.29 Å². The summed E-state index contributed by atoms with van der Waals surface area (Å²) in [5.74, 6) is 0.265. The number of aliphatic hydroxyl groups is 1. The van der Waals surface area contributed by atoms with Crippen LogP contribution in [-0.4, -0.2) is 29.7 Å². The Morgan fingerprint density at radius 1 is 1.45 bits per heavy atom.